The van der Waals surface area contributed by atoms with Crippen LogP contribution < -0.4 is 4.74 Å². The van der Waals surface area contributed by atoms with Crippen molar-refractivity contribution in [3.63, 3.8) is 0 Å². The SMILES string of the molecule is CC(C)CCCC(C)CCOc1cccc(-c2cc(CCl)c(F)cc2CCl)c1. The van der Waals surface area contributed by atoms with Gasteiger partial charge in [0.2, 0.25) is 0 Å². The average Bonchev–Trinajstić information content (AvgIpc) is 2.67. The van der Waals surface area contributed by atoms with Crippen molar-refractivity contribution in [2.45, 2.75) is 58.2 Å². The second-order valence-electron chi connectivity index (χ2n) is 7.96. The largest absolute Gasteiger partial charge is 0.494 e. The van der Waals surface area contributed by atoms with Crippen molar-refractivity contribution >= 4 is 23.2 Å². The van der Waals surface area contributed by atoms with Gasteiger partial charge < -0.3 is 4.74 Å². The molecule has 0 aromatic heterocycles. The van der Waals surface area contributed by atoms with E-state index in [0.717, 1.165) is 34.8 Å². The van der Waals surface area contributed by atoms with E-state index < -0.39 is 0 Å². The predicted octanol–water partition coefficient (Wildman–Crippen LogP) is 8.20. The fourth-order valence-corrected chi connectivity index (χ4v) is 3.72. The average molecular weight is 425 g/mol. The highest BCUT2D eigenvalue weighted by atomic mass is 35.5. The number of ether oxygens (including phenoxy) is 1. The lowest BCUT2D eigenvalue weighted by atomic mass is 9.97. The molecule has 0 amide bonds. The first-order chi connectivity index (χ1) is 13.4. The van der Waals surface area contributed by atoms with Gasteiger partial charge >= 0.3 is 0 Å². The Hall–Kier alpha value is -1.25. The molecule has 2 aromatic carbocycles. The topological polar surface area (TPSA) is 9.23 Å². The minimum absolute atomic E-state index is 0.131. The number of rotatable bonds is 11. The van der Waals surface area contributed by atoms with Gasteiger partial charge in [-0.2, -0.15) is 0 Å². The summed E-state index contributed by atoms with van der Waals surface area (Å²) in [4.78, 5) is 0. The highest BCUT2D eigenvalue weighted by Crippen LogP contribution is 2.31. The van der Waals surface area contributed by atoms with Crippen LogP contribution in [0, 0.1) is 17.7 Å². The van der Waals surface area contributed by atoms with Crippen molar-refractivity contribution in [1.29, 1.82) is 0 Å². The Morgan fingerprint density at radius 3 is 2.36 bits per heavy atom. The maximum Gasteiger partial charge on any atom is 0.127 e. The van der Waals surface area contributed by atoms with Crippen molar-refractivity contribution in [3.05, 3.63) is 53.3 Å². The summed E-state index contributed by atoms with van der Waals surface area (Å²) >= 11 is 11.9. The molecule has 0 saturated heterocycles. The summed E-state index contributed by atoms with van der Waals surface area (Å²) in [5.74, 6) is 2.32. The second-order valence-corrected chi connectivity index (χ2v) is 8.50. The minimum Gasteiger partial charge on any atom is -0.494 e. The van der Waals surface area contributed by atoms with E-state index in [1.54, 1.807) is 6.07 Å². The van der Waals surface area contributed by atoms with Crippen LogP contribution in [0.4, 0.5) is 4.39 Å². The Bertz CT molecular complexity index is 745. The van der Waals surface area contributed by atoms with Crippen molar-refractivity contribution in [3.8, 4) is 16.9 Å². The Kier molecular flexibility index (Phi) is 9.61. The molecule has 0 fully saturated rings. The number of halogens is 3. The van der Waals surface area contributed by atoms with Gasteiger partial charge in [0.25, 0.3) is 0 Å². The molecule has 0 aliphatic carbocycles. The number of benzene rings is 2. The van der Waals surface area contributed by atoms with Crippen LogP contribution in [0.1, 0.15) is 57.6 Å². The maximum absolute atomic E-state index is 14.0. The molecule has 0 radical (unpaired) electrons. The second kappa shape index (κ2) is 11.7. The third-order valence-corrected chi connectivity index (χ3v) is 5.64. The van der Waals surface area contributed by atoms with Crippen LogP contribution in [0.25, 0.3) is 11.1 Å². The van der Waals surface area contributed by atoms with E-state index in [4.69, 9.17) is 27.9 Å². The summed E-state index contributed by atoms with van der Waals surface area (Å²) < 4.78 is 20.0. The number of hydrogen-bond acceptors (Lipinski definition) is 1. The van der Waals surface area contributed by atoms with Crippen LogP contribution in [-0.2, 0) is 11.8 Å². The van der Waals surface area contributed by atoms with Gasteiger partial charge in [0.1, 0.15) is 11.6 Å². The van der Waals surface area contributed by atoms with Crippen molar-refractivity contribution in [2.75, 3.05) is 6.61 Å². The molecule has 0 spiro atoms. The molecule has 2 aromatic rings. The molecule has 28 heavy (non-hydrogen) atoms. The van der Waals surface area contributed by atoms with E-state index in [1.807, 2.05) is 24.3 Å². The summed E-state index contributed by atoms with van der Waals surface area (Å²) in [6.45, 7) is 7.53. The lowest BCUT2D eigenvalue weighted by Gasteiger charge is -2.14. The van der Waals surface area contributed by atoms with Crippen LogP contribution >= 0.6 is 23.2 Å². The Morgan fingerprint density at radius 1 is 0.929 bits per heavy atom. The van der Waals surface area contributed by atoms with Crippen LogP contribution in [0.15, 0.2) is 36.4 Å². The molecule has 0 heterocycles. The van der Waals surface area contributed by atoms with Crippen LogP contribution in [0.3, 0.4) is 0 Å². The standard InChI is InChI=1S/C24H31Cl2FO/c1-17(2)6-4-7-18(3)10-11-28-22-9-5-8-19(12-22)23-13-21(16-26)24(27)14-20(23)15-25/h5,8-9,12-14,17-18H,4,6-7,10-11,15-16H2,1-3H3. The van der Waals surface area contributed by atoms with Gasteiger partial charge in [-0.25, -0.2) is 4.39 Å². The van der Waals surface area contributed by atoms with Crippen molar-refractivity contribution < 1.29 is 9.13 Å². The Labute approximate surface area is 179 Å². The Balaban J connectivity index is 2.01. The predicted molar refractivity (Wildman–Crippen MR) is 119 cm³/mol. The highest BCUT2D eigenvalue weighted by Gasteiger charge is 2.12. The van der Waals surface area contributed by atoms with Crippen LogP contribution in [0.2, 0.25) is 0 Å². The monoisotopic (exact) mass is 424 g/mol. The van der Waals surface area contributed by atoms with Crippen molar-refractivity contribution in [1.82, 2.24) is 0 Å². The molecule has 1 nitrogen and oxygen atoms in total. The quantitative estimate of drug-likeness (QED) is 0.330. The van der Waals surface area contributed by atoms with Gasteiger partial charge in [-0.15, -0.1) is 23.2 Å². The van der Waals surface area contributed by atoms with Crippen LogP contribution in [0.5, 0.6) is 5.75 Å². The lowest BCUT2D eigenvalue weighted by molar-refractivity contribution is 0.276. The summed E-state index contributed by atoms with van der Waals surface area (Å²) in [6, 6.07) is 11.2. The molecular formula is C24H31Cl2FO. The zero-order valence-corrected chi connectivity index (χ0v) is 18.6. The van der Waals surface area contributed by atoms with E-state index >= 15 is 0 Å². The van der Waals surface area contributed by atoms with Gasteiger partial charge in [0, 0.05) is 11.4 Å². The van der Waals surface area contributed by atoms with Gasteiger partial charge in [0.15, 0.2) is 0 Å². The van der Waals surface area contributed by atoms with Gasteiger partial charge in [0.05, 0.1) is 12.5 Å². The fourth-order valence-electron chi connectivity index (χ4n) is 3.29. The van der Waals surface area contributed by atoms with E-state index in [1.165, 1.54) is 25.3 Å². The minimum atomic E-state index is -0.312. The first kappa shape index (κ1) is 23.0. The highest BCUT2D eigenvalue weighted by molar-refractivity contribution is 6.18. The zero-order chi connectivity index (χ0) is 20.5. The summed E-state index contributed by atoms with van der Waals surface area (Å²) in [5.41, 5.74) is 3.10. The third kappa shape index (κ3) is 6.97. The zero-order valence-electron chi connectivity index (χ0n) is 17.1. The summed E-state index contributed by atoms with van der Waals surface area (Å²) in [6.07, 6.45) is 4.86. The molecule has 4 heteroatoms. The number of alkyl halides is 2. The maximum atomic E-state index is 14.0. The molecule has 0 bridgehead atoms. The molecule has 1 atom stereocenters. The molecule has 1 unspecified atom stereocenters. The lowest BCUT2D eigenvalue weighted by Crippen LogP contribution is -2.05. The Morgan fingerprint density at radius 2 is 1.68 bits per heavy atom. The fraction of sp³-hybridized carbons (Fsp3) is 0.500. The first-order valence-electron chi connectivity index (χ1n) is 10.1. The molecule has 0 N–H and O–H groups in total. The molecule has 0 aliphatic heterocycles. The van der Waals surface area contributed by atoms with Crippen molar-refractivity contribution in [2.24, 2.45) is 11.8 Å². The number of hydrogen-bond donors (Lipinski definition) is 0. The van der Waals surface area contributed by atoms with Gasteiger partial charge in [-0.05, 0) is 59.2 Å². The van der Waals surface area contributed by atoms with E-state index in [-0.39, 0.29) is 17.6 Å². The van der Waals surface area contributed by atoms with E-state index in [0.29, 0.717) is 18.1 Å². The van der Waals surface area contributed by atoms with E-state index in [9.17, 15) is 4.39 Å². The van der Waals surface area contributed by atoms with Crippen LogP contribution in [-0.4, -0.2) is 6.61 Å². The molecule has 154 valence electrons. The summed E-state index contributed by atoms with van der Waals surface area (Å²) in [5, 5.41) is 0. The summed E-state index contributed by atoms with van der Waals surface area (Å²) in [7, 11) is 0. The first-order valence-corrected chi connectivity index (χ1v) is 11.2. The molecule has 2 rings (SSSR count). The third-order valence-electron chi connectivity index (χ3n) is 5.06. The van der Waals surface area contributed by atoms with Gasteiger partial charge in [-0.1, -0.05) is 52.2 Å². The normalized spacial score (nSPS) is 12.4. The molecule has 0 aliphatic rings. The molecular weight excluding hydrogens is 394 g/mol. The van der Waals surface area contributed by atoms with Gasteiger partial charge in [-0.3, -0.25) is 0 Å². The van der Waals surface area contributed by atoms with E-state index in [2.05, 4.69) is 20.8 Å². The molecule has 0 saturated carbocycles. The smallest absolute Gasteiger partial charge is 0.127 e.